The van der Waals surface area contributed by atoms with Crippen LogP contribution in [-0.4, -0.2) is 28.2 Å². The minimum Gasteiger partial charge on any atom is -0.355 e. The number of fused-ring (bicyclic) bond motifs is 1. The van der Waals surface area contributed by atoms with Crippen LogP contribution in [0.1, 0.15) is 19.3 Å². The summed E-state index contributed by atoms with van der Waals surface area (Å²) in [4.78, 5) is 19.3. The summed E-state index contributed by atoms with van der Waals surface area (Å²) in [5, 5.41) is 3.79. The van der Waals surface area contributed by atoms with Crippen LogP contribution in [0.4, 0.5) is 0 Å². The van der Waals surface area contributed by atoms with Crippen molar-refractivity contribution < 1.29 is 4.79 Å². The van der Waals surface area contributed by atoms with Crippen molar-refractivity contribution in [2.24, 2.45) is 5.92 Å². The predicted molar refractivity (Wildman–Crippen MR) is 77.2 cm³/mol. The number of aromatic nitrogens is 2. The third kappa shape index (κ3) is 3.10. The van der Waals surface area contributed by atoms with Gasteiger partial charge in [0.25, 0.3) is 0 Å². The van der Waals surface area contributed by atoms with Crippen LogP contribution in [0.25, 0.3) is 11.0 Å². The summed E-state index contributed by atoms with van der Waals surface area (Å²) in [7, 11) is 0. The molecule has 1 aliphatic carbocycles. The highest BCUT2D eigenvalue weighted by molar-refractivity contribution is 7.99. The molecule has 0 aliphatic heterocycles. The number of nitrogens with one attached hydrogen (secondary N) is 2. The Balaban J connectivity index is 1.49. The number of rotatable bonds is 5. The maximum Gasteiger partial charge on any atom is 0.230 e. The largest absolute Gasteiger partial charge is 0.355 e. The molecule has 1 aromatic carbocycles. The van der Waals surface area contributed by atoms with Crippen LogP contribution in [-0.2, 0) is 4.79 Å². The van der Waals surface area contributed by atoms with E-state index in [0.29, 0.717) is 11.7 Å². The van der Waals surface area contributed by atoms with Crippen LogP contribution in [0.3, 0.4) is 0 Å². The van der Waals surface area contributed by atoms with E-state index in [0.717, 1.165) is 22.7 Å². The van der Waals surface area contributed by atoms with Gasteiger partial charge in [-0.3, -0.25) is 4.79 Å². The number of benzene rings is 1. The Hall–Kier alpha value is -1.49. The summed E-state index contributed by atoms with van der Waals surface area (Å²) in [5.74, 6) is 1.23. The topological polar surface area (TPSA) is 57.8 Å². The van der Waals surface area contributed by atoms with E-state index in [4.69, 9.17) is 0 Å². The molecule has 1 fully saturated rings. The van der Waals surface area contributed by atoms with Crippen molar-refractivity contribution in [2.45, 2.75) is 24.4 Å². The molecule has 1 amide bonds. The molecule has 0 bridgehead atoms. The Kier molecular flexibility index (Phi) is 3.73. The van der Waals surface area contributed by atoms with Crippen LogP contribution in [0.5, 0.6) is 0 Å². The van der Waals surface area contributed by atoms with Gasteiger partial charge in [0.15, 0.2) is 5.16 Å². The van der Waals surface area contributed by atoms with Crippen molar-refractivity contribution in [2.75, 3.05) is 12.3 Å². The van der Waals surface area contributed by atoms with Gasteiger partial charge in [-0.05, 0) is 30.9 Å². The third-order valence-corrected chi connectivity index (χ3v) is 4.39. The van der Waals surface area contributed by atoms with Gasteiger partial charge in [0.1, 0.15) is 0 Å². The average Bonchev–Trinajstić information content (AvgIpc) is 2.77. The standard InChI is InChI=1S/C14H17N3OS/c18-13(15-8-10-4-3-5-10)9-19-14-16-11-6-1-2-7-12(11)17-14/h1-2,6-7,10H,3-5,8-9H2,(H,15,18)(H,16,17). The molecule has 3 rings (SSSR count). The molecular formula is C14H17N3OS. The molecule has 0 saturated heterocycles. The number of amides is 1. The van der Waals surface area contributed by atoms with Gasteiger partial charge < -0.3 is 10.3 Å². The highest BCUT2D eigenvalue weighted by atomic mass is 32.2. The lowest BCUT2D eigenvalue weighted by atomic mass is 9.85. The zero-order chi connectivity index (χ0) is 13.1. The highest BCUT2D eigenvalue weighted by Gasteiger charge is 2.17. The van der Waals surface area contributed by atoms with Gasteiger partial charge in [0.2, 0.25) is 5.91 Å². The summed E-state index contributed by atoms with van der Waals surface area (Å²) >= 11 is 1.45. The summed E-state index contributed by atoms with van der Waals surface area (Å²) < 4.78 is 0. The molecule has 0 radical (unpaired) electrons. The lowest BCUT2D eigenvalue weighted by Crippen LogP contribution is -2.33. The van der Waals surface area contributed by atoms with Crippen LogP contribution in [0, 0.1) is 5.92 Å². The summed E-state index contributed by atoms with van der Waals surface area (Å²) in [5.41, 5.74) is 1.96. The molecule has 0 unspecified atom stereocenters. The molecular weight excluding hydrogens is 258 g/mol. The van der Waals surface area contributed by atoms with E-state index in [1.54, 1.807) is 0 Å². The smallest absolute Gasteiger partial charge is 0.230 e. The number of nitrogens with zero attached hydrogens (tertiary/aromatic N) is 1. The molecule has 0 spiro atoms. The fourth-order valence-corrected chi connectivity index (χ4v) is 2.85. The van der Waals surface area contributed by atoms with E-state index < -0.39 is 0 Å². The Morgan fingerprint density at radius 3 is 3.00 bits per heavy atom. The normalized spacial score (nSPS) is 15.4. The quantitative estimate of drug-likeness (QED) is 0.825. The Morgan fingerprint density at radius 1 is 1.42 bits per heavy atom. The number of H-pyrrole nitrogens is 1. The lowest BCUT2D eigenvalue weighted by Gasteiger charge is -2.25. The SMILES string of the molecule is O=C(CSc1nc2ccccc2[nH]1)NCC1CCC1. The highest BCUT2D eigenvalue weighted by Crippen LogP contribution is 2.25. The molecule has 1 heterocycles. The van der Waals surface area contributed by atoms with Crippen molar-refractivity contribution in [1.82, 2.24) is 15.3 Å². The number of para-hydroxylation sites is 2. The summed E-state index contributed by atoms with van der Waals surface area (Å²) in [6.07, 6.45) is 3.84. The minimum atomic E-state index is 0.0948. The molecule has 5 heteroatoms. The van der Waals surface area contributed by atoms with Crippen molar-refractivity contribution in [3.05, 3.63) is 24.3 Å². The van der Waals surface area contributed by atoms with Gasteiger partial charge in [-0.2, -0.15) is 0 Å². The van der Waals surface area contributed by atoms with Gasteiger partial charge in [0, 0.05) is 6.54 Å². The van der Waals surface area contributed by atoms with E-state index >= 15 is 0 Å². The fourth-order valence-electron chi connectivity index (χ4n) is 2.14. The van der Waals surface area contributed by atoms with Gasteiger partial charge >= 0.3 is 0 Å². The molecule has 100 valence electrons. The van der Waals surface area contributed by atoms with Crippen molar-refractivity contribution in [3.63, 3.8) is 0 Å². The minimum absolute atomic E-state index is 0.0948. The summed E-state index contributed by atoms with van der Waals surface area (Å²) in [6.45, 7) is 0.833. The second kappa shape index (κ2) is 5.65. The number of hydrogen-bond donors (Lipinski definition) is 2. The number of imidazole rings is 1. The van der Waals surface area contributed by atoms with Gasteiger partial charge in [-0.25, -0.2) is 4.98 Å². The monoisotopic (exact) mass is 275 g/mol. The number of carbonyl (C=O) groups excluding carboxylic acids is 1. The van der Waals surface area contributed by atoms with Gasteiger partial charge in [-0.15, -0.1) is 0 Å². The Labute approximate surface area is 116 Å². The predicted octanol–water partition coefficient (Wildman–Crippen LogP) is 2.57. The Morgan fingerprint density at radius 2 is 2.26 bits per heavy atom. The van der Waals surface area contributed by atoms with E-state index in [2.05, 4.69) is 15.3 Å². The van der Waals surface area contributed by atoms with Crippen LogP contribution in [0.15, 0.2) is 29.4 Å². The number of carbonyl (C=O) groups is 1. The Bertz CT molecular complexity index is 544. The second-order valence-electron chi connectivity index (χ2n) is 4.95. The molecule has 19 heavy (non-hydrogen) atoms. The first-order valence-corrected chi connectivity index (χ1v) is 7.64. The average molecular weight is 275 g/mol. The van der Waals surface area contributed by atoms with Crippen LogP contribution < -0.4 is 5.32 Å². The first kappa shape index (κ1) is 12.5. The molecule has 2 N–H and O–H groups in total. The molecule has 2 aromatic rings. The molecule has 1 saturated carbocycles. The van der Waals surface area contributed by atoms with Gasteiger partial charge in [-0.1, -0.05) is 30.3 Å². The zero-order valence-corrected chi connectivity index (χ0v) is 11.5. The number of hydrogen-bond acceptors (Lipinski definition) is 3. The van der Waals surface area contributed by atoms with E-state index in [1.807, 2.05) is 24.3 Å². The molecule has 4 nitrogen and oxygen atoms in total. The third-order valence-electron chi connectivity index (χ3n) is 3.52. The molecule has 1 aliphatic rings. The summed E-state index contributed by atoms with van der Waals surface area (Å²) in [6, 6.07) is 7.89. The van der Waals surface area contributed by atoms with Crippen LogP contribution >= 0.6 is 11.8 Å². The number of thioether (sulfide) groups is 1. The van der Waals surface area contributed by atoms with Crippen LogP contribution in [0.2, 0.25) is 0 Å². The van der Waals surface area contributed by atoms with Gasteiger partial charge in [0.05, 0.1) is 16.8 Å². The molecule has 1 aromatic heterocycles. The van der Waals surface area contributed by atoms with Crippen molar-refractivity contribution >= 4 is 28.7 Å². The van der Waals surface area contributed by atoms with E-state index in [1.165, 1.54) is 31.0 Å². The number of aromatic amines is 1. The maximum absolute atomic E-state index is 11.7. The van der Waals surface area contributed by atoms with Crippen molar-refractivity contribution in [3.8, 4) is 0 Å². The maximum atomic E-state index is 11.7. The fraction of sp³-hybridized carbons (Fsp3) is 0.429. The second-order valence-corrected chi connectivity index (χ2v) is 5.91. The molecule has 0 atom stereocenters. The first-order chi connectivity index (χ1) is 9.31. The van der Waals surface area contributed by atoms with Crippen molar-refractivity contribution in [1.29, 1.82) is 0 Å². The van der Waals surface area contributed by atoms with E-state index in [9.17, 15) is 4.79 Å². The lowest BCUT2D eigenvalue weighted by molar-refractivity contribution is -0.118. The van der Waals surface area contributed by atoms with E-state index in [-0.39, 0.29) is 5.91 Å². The zero-order valence-electron chi connectivity index (χ0n) is 10.7. The first-order valence-electron chi connectivity index (χ1n) is 6.65.